The molecule has 0 saturated heterocycles. The highest BCUT2D eigenvalue weighted by Crippen LogP contribution is 2.32. The summed E-state index contributed by atoms with van der Waals surface area (Å²) in [4.78, 5) is 0. The monoisotopic (exact) mass is 275 g/mol. The van der Waals surface area contributed by atoms with E-state index in [1.165, 1.54) is 37.7 Å². The molecule has 0 heterocycles. The van der Waals surface area contributed by atoms with E-state index in [1.54, 1.807) is 0 Å². The number of hydrogen-bond donors (Lipinski definition) is 1. The summed E-state index contributed by atoms with van der Waals surface area (Å²) < 4.78 is 5.94. The Bertz CT molecular complexity index is 396. The van der Waals surface area contributed by atoms with Gasteiger partial charge < -0.3 is 10.1 Å². The van der Waals surface area contributed by atoms with E-state index in [9.17, 15) is 0 Å². The van der Waals surface area contributed by atoms with E-state index in [-0.39, 0.29) is 0 Å². The van der Waals surface area contributed by atoms with Crippen molar-refractivity contribution < 1.29 is 4.74 Å². The lowest BCUT2D eigenvalue weighted by atomic mass is 9.88. The van der Waals surface area contributed by atoms with Crippen molar-refractivity contribution in [2.75, 3.05) is 6.54 Å². The third-order valence-electron chi connectivity index (χ3n) is 4.18. The third kappa shape index (κ3) is 4.24. The van der Waals surface area contributed by atoms with Gasteiger partial charge in [-0.25, -0.2) is 0 Å². The Morgan fingerprint density at radius 2 is 1.95 bits per heavy atom. The lowest BCUT2D eigenvalue weighted by Crippen LogP contribution is -2.28. The van der Waals surface area contributed by atoms with Gasteiger partial charge in [0.1, 0.15) is 5.75 Å². The van der Waals surface area contributed by atoms with Crippen molar-refractivity contribution in [1.29, 1.82) is 0 Å². The molecule has 0 aliphatic heterocycles. The minimum absolute atomic E-state index is 0.452. The maximum Gasteiger partial charge on any atom is 0.120 e. The largest absolute Gasteiger partial charge is 0.490 e. The molecule has 1 aliphatic carbocycles. The van der Waals surface area contributed by atoms with E-state index < -0.39 is 0 Å². The van der Waals surface area contributed by atoms with Crippen LogP contribution in [0.2, 0.25) is 0 Å². The summed E-state index contributed by atoms with van der Waals surface area (Å²) >= 11 is 0. The summed E-state index contributed by atoms with van der Waals surface area (Å²) in [5, 5.41) is 3.73. The first kappa shape index (κ1) is 15.4. The molecule has 1 N–H and O–H groups in total. The van der Waals surface area contributed by atoms with Gasteiger partial charge in [0.05, 0.1) is 6.10 Å². The molecule has 1 saturated carbocycles. The highest BCUT2D eigenvalue weighted by molar-refractivity contribution is 5.31. The van der Waals surface area contributed by atoms with E-state index in [4.69, 9.17) is 4.74 Å². The summed E-state index contributed by atoms with van der Waals surface area (Å²) in [7, 11) is 0. The molecule has 0 bridgehead atoms. The fourth-order valence-corrected chi connectivity index (χ4v) is 2.78. The average Bonchev–Trinajstić information content (AvgIpc) is 3.28. The van der Waals surface area contributed by atoms with Crippen molar-refractivity contribution in [1.82, 2.24) is 5.32 Å². The molecule has 1 unspecified atom stereocenters. The predicted molar refractivity (Wildman–Crippen MR) is 85.2 cm³/mol. The third-order valence-corrected chi connectivity index (χ3v) is 4.18. The topological polar surface area (TPSA) is 21.3 Å². The minimum Gasteiger partial charge on any atom is -0.490 e. The van der Waals surface area contributed by atoms with Crippen LogP contribution in [0, 0.1) is 5.92 Å². The zero-order valence-corrected chi connectivity index (χ0v) is 13.2. The van der Waals surface area contributed by atoms with Gasteiger partial charge in [-0.3, -0.25) is 0 Å². The SMILES string of the molecule is CCCNC(c1cccc(OC2CC2)c1)C(CC)CC. The molecule has 1 aromatic rings. The van der Waals surface area contributed by atoms with Crippen molar-refractivity contribution in [2.24, 2.45) is 5.92 Å². The zero-order chi connectivity index (χ0) is 14.4. The van der Waals surface area contributed by atoms with Gasteiger partial charge in [-0.15, -0.1) is 0 Å². The Morgan fingerprint density at radius 3 is 2.55 bits per heavy atom. The van der Waals surface area contributed by atoms with Crippen LogP contribution in [0.3, 0.4) is 0 Å². The molecule has 1 atom stereocenters. The second-order valence-electron chi connectivity index (χ2n) is 5.90. The second kappa shape index (κ2) is 7.68. The van der Waals surface area contributed by atoms with Crippen LogP contribution in [0.1, 0.15) is 64.5 Å². The molecule has 2 rings (SSSR count). The number of hydrogen-bond acceptors (Lipinski definition) is 2. The molecule has 1 aromatic carbocycles. The van der Waals surface area contributed by atoms with Crippen molar-refractivity contribution in [2.45, 2.75) is 65.0 Å². The van der Waals surface area contributed by atoms with Crippen LogP contribution in [0.15, 0.2) is 24.3 Å². The standard InChI is InChI=1S/C18H29NO/c1-4-12-19-18(14(5-2)6-3)15-8-7-9-17(13-15)20-16-10-11-16/h7-9,13-14,16,18-19H,4-6,10-12H2,1-3H3. The first-order valence-electron chi connectivity index (χ1n) is 8.28. The number of nitrogens with one attached hydrogen (secondary N) is 1. The van der Waals surface area contributed by atoms with Gasteiger partial charge in [0.15, 0.2) is 0 Å². The summed E-state index contributed by atoms with van der Waals surface area (Å²) in [5.74, 6) is 1.73. The Labute approximate surface area is 123 Å². The van der Waals surface area contributed by atoms with Crippen LogP contribution in [0.5, 0.6) is 5.75 Å². The predicted octanol–water partition coefficient (Wildman–Crippen LogP) is 4.70. The Hall–Kier alpha value is -1.02. The van der Waals surface area contributed by atoms with Crippen molar-refractivity contribution in [3.8, 4) is 5.75 Å². The molecule has 112 valence electrons. The fraction of sp³-hybridized carbons (Fsp3) is 0.667. The smallest absolute Gasteiger partial charge is 0.120 e. The quantitative estimate of drug-likeness (QED) is 0.705. The van der Waals surface area contributed by atoms with Crippen LogP contribution < -0.4 is 10.1 Å². The number of ether oxygens (including phenoxy) is 1. The molecular weight excluding hydrogens is 246 g/mol. The first-order chi connectivity index (χ1) is 9.78. The van der Waals surface area contributed by atoms with Crippen molar-refractivity contribution in [3.05, 3.63) is 29.8 Å². The molecule has 0 radical (unpaired) electrons. The van der Waals surface area contributed by atoms with E-state index in [2.05, 4.69) is 50.4 Å². The lowest BCUT2D eigenvalue weighted by Gasteiger charge is -2.27. The van der Waals surface area contributed by atoms with Gasteiger partial charge in [-0.2, -0.15) is 0 Å². The molecule has 2 nitrogen and oxygen atoms in total. The van der Waals surface area contributed by atoms with Gasteiger partial charge in [0.2, 0.25) is 0 Å². The summed E-state index contributed by atoms with van der Waals surface area (Å²) in [6, 6.07) is 9.16. The highest BCUT2D eigenvalue weighted by atomic mass is 16.5. The minimum atomic E-state index is 0.452. The Balaban J connectivity index is 2.12. The molecule has 1 fully saturated rings. The summed E-state index contributed by atoms with van der Waals surface area (Å²) in [6.45, 7) is 7.89. The van der Waals surface area contributed by atoms with Crippen LogP contribution in [-0.4, -0.2) is 12.6 Å². The fourth-order valence-electron chi connectivity index (χ4n) is 2.78. The number of rotatable bonds is 9. The molecule has 0 amide bonds. The maximum absolute atomic E-state index is 5.94. The molecule has 0 aromatic heterocycles. The zero-order valence-electron chi connectivity index (χ0n) is 13.2. The molecule has 20 heavy (non-hydrogen) atoms. The summed E-state index contributed by atoms with van der Waals surface area (Å²) in [5.41, 5.74) is 1.38. The van der Waals surface area contributed by atoms with E-state index >= 15 is 0 Å². The highest BCUT2D eigenvalue weighted by Gasteiger charge is 2.24. The first-order valence-corrected chi connectivity index (χ1v) is 8.28. The van der Waals surface area contributed by atoms with Crippen LogP contribution >= 0.6 is 0 Å². The van der Waals surface area contributed by atoms with Crippen LogP contribution in [0.25, 0.3) is 0 Å². The van der Waals surface area contributed by atoms with Crippen molar-refractivity contribution >= 4 is 0 Å². The molecule has 0 spiro atoms. The normalized spacial score (nSPS) is 16.4. The number of benzene rings is 1. The molecular formula is C18H29NO. The maximum atomic E-state index is 5.94. The lowest BCUT2D eigenvalue weighted by molar-refractivity contribution is 0.300. The van der Waals surface area contributed by atoms with Gasteiger partial charge >= 0.3 is 0 Å². The van der Waals surface area contributed by atoms with E-state index in [1.807, 2.05) is 0 Å². The Morgan fingerprint density at radius 1 is 1.20 bits per heavy atom. The van der Waals surface area contributed by atoms with Gasteiger partial charge in [-0.1, -0.05) is 45.7 Å². The van der Waals surface area contributed by atoms with Gasteiger partial charge in [0, 0.05) is 6.04 Å². The average molecular weight is 275 g/mol. The Kier molecular flexibility index (Phi) is 5.90. The van der Waals surface area contributed by atoms with Crippen LogP contribution in [0.4, 0.5) is 0 Å². The van der Waals surface area contributed by atoms with E-state index in [0.717, 1.165) is 12.3 Å². The van der Waals surface area contributed by atoms with Gasteiger partial charge in [0.25, 0.3) is 0 Å². The van der Waals surface area contributed by atoms with Gasteiger partial charge in [-0.05, 0) is 49.4 Å². The van der Waals surface area contributed by atoms with Crippen molar-refractivity contribution in [3.63, 3.8) is 0 Å². The summed E-state index contributed by atoms with van der Waals surface area (Å²) in [6.07, 6.45) is 6.51. The van der Waals surface area contributed by atoms with Crippen LogP contribution in [-0.2, 0) is 0 Å². The molecule has 2 heteroatoms. The second-order valence-corrected chi connectivity index (χ2v) is 5.90. The molecule has 1 aliphatic rings. The van der Waals surface area contributed by atoms with E-state index in [0.29, 0.717) is 18.1 Å².